The smallest absolute Gasteiger partial charge is 0.253 e. The summed E-state index contributed by atoms with van der Waals surface area (Å²) in [7, 11) is 0. The predicted octanol–water partition coefficient (Wildman–Crippen LogP) is 6.49. The number of benzene rings is 4. The summed E-state index contributed by atoms with van der Waals surface area (Å²) in [6.45, 7) is 5.76. The van der Waals surface area contributed by atoms with E-state index in [4.69, 9.17) is 17.3 Å². The second kappa shape index (κ2) is 13.4. The number of hydrogen-bond donors (Lipinski definition) is 4. The molecule has 0 unspecified atom stereocenters. The number of nitrogens with two attached hydrogens (primary N) is 1. The van der Waals surface area contributed by atoms with Gasteiger partial charge in [-0.05, 0) is 79.9 Å². The Hall–Kier alpha value is -3.52. The summed E-state index contributed by atoms with van der Waals surface area (Å²) in [6, 6.07) is 25.9. The maximum atomic E-state index is 13.2. The zero-order valence-corrected chi connectivity index (χ0v) is 25.1. The van der Waals surface area contributed by atoms with Crippen molar-refractivity contribution >= 4 is 51.6 Å². The van der Waals surface area contributed by atoms with Gasteiger partial charge in [-0.3, -0.25) is 9.59 Å². The number of nitrogens with one attached hydrogen (secondary N) is 2. The Balaban J connectivity index is 1.52. The highest BCUT2D eigenvalue weighted by Crippen LogP contribution is 2.26. The number of aliphatic hydroxyl groups excluding tert-OH is 1. The molecule has 0 spiro atoms. The number of halogens is 1. The van der Waals surface area contributed by atoms with Crippen molar-refractivity contribution in [2.24, 2.45) is 0 Å². The molecule has 2 amide bonds. The van der Waals surface area contributed by atoms with Crippen molar-refractivity contribution < 1.29 is 14.7 Å². The molecule has 0 fully saturated rings. The van der Waals surface area contributed by atoms with Crippen LogP contribution in [0.25, 0.3) is 10.8 Å². The van der Waals surface area contributed by atoms with E-state index in [0.717, 1.165) is 10.3 Å². The quantitative estimate of drug-likeness (QED) is 0.125. The third-order valence-electron chi connectivity index (χ3n) is 6.62. The molecule has 0 aliphatic heterocycles. The summed E-state index contributed by atoms with van der Waals surface area (Å²) < 4.78 is 0. The van der Waals surface area contributed by atoms with Crippen molar-refractivity contribution in [3.8, 4) is 0 Å². The zero-order chi connectivity index (χ0) is 29.6. The lowest BCUT2D eigenvalue weighted by Crippen LogP contribution is -2.45. The first-order valence-electron chi connectivity index (χ1n) is 13.6. The molecule has 4 rings (SSSR count). The van der Waals surface area contributed by atoms with Gasteiger partial charge in [-0.15, -0.1) is 11.8 Å². The SMILES string of the molecule is CC(C)(C)NC(=O)c1ccccc1C[C@@H](O)[C@H](CCSc1ccc2ccccc2c1)NC(=O)c1ccc(N)cc1Cl. The predicted molar refractivity (Wildman–Crippen MR) is 170 cm³/mol. The Kier molecular flexibility index (Phi) is 9.97. The van der Waals surface area contributed by atoms with Crippen LogP contribution in [-0.4, -0.2) is 40.4 Å². The van der Waals surface area contributed by atoms with Gasteiger partial charge >= 0.3 is 0 Å². The van der Waals surface area contributed by atoms with Gasteiger partial charge in [0.15, 0.2) is 0 Å². The molecule has 0 aliphatic rings. The molecule has 5 N–H and O–H groups in total. The van der Waals surface area contributed by atoms with Gasteiger partial charge in [-0.2, -0.15) is 0 Å². The van der Waals surface area contributed by atoms with E-state index in [-0.39, 0.29) is 22.9 Å². The number of rotatable bonds is 10. The number of anilines is 1. The third-order valence-corrected chi connectivity index (χ3v) is 7.96. The highest BCUT2D eigenvalue weighted by atomic mass is 35.5. The molecule has 0 aromatic heterocycles. The fourth-order valence-corrected chi connectivity index (χ4v) is 5.84. The number of aliphatic hydroxyl groups is 1. The van der Waals surface area contributed by atoms with Crippen LogP contribution in [0.4, 0.5) is 5.69 Å². The normalized spacial score (nSPS) is 13.0. The van der Waals surface area contributed by atoms with E-state index < -0.39 is 23.6 Å². The Morgan fingerprint density at radius 2 is 1.61 bits per heavy atom. The lowest BCUT2D eigenvalue weighted by Gasteiger charge is -2.26. The monoisotopic (exact) mass is 589 g/mol. The Morgan fingerprint density at radius 3 is 2.34 bits per heavy atom. The Morgan fingerprint density at radius 1 is 0.902 bits per heavy atom. The number of carbonyl (C=O) groups is 2. The molecule has 4 aromatic rings. The molecule has 0 bridgehead atoms. The van der Waals surface area contributed by atoms with Crippen LogP contribution in [0.2, 0.25) is 5.02 Å². The van der Waals surface area contributed by atoms with Crippen LogP contribution in [0.1, 0.15) is 53.5 Å². The van der Waals surface area contributed by atoms with Gasteiger partial charge in [0.1, 0.15) is 0 Å². The van der Waals surface area contributed by atoms with E-state index in [9.17, 15) is 14.7 Å². The molecule has 4 aromatic carbocycles. The van der Waals surface area contributed by atoms with Gasteiger partial charge in [0, 0.05) is 33.9 Å². The summed E-state index contributed by atoms with van der Waals surface area (Å²) in [6.07, 6.45) is -0.269. The number of nitrogen functional groups attached to an aromatic ring is 1. The van der Waals surface area contributed by atoms with Gasteiger partial charge in [0.2, 0.25) is 0 Å². The number of thioether (sulfide) groups is 1. The molecule has 0 saturated heterocycles. The van der Waals surface area contributed by atoms with Crippen LogP contribution in [0.3, 0.4) is 0 Å². The minimum Gasteiger partial charge on any atom is -0.399 e. The van der Waals surface area contributed by atoms with Gasteiger partial charge in [0.05, 0.1) is 22.7 Å². The lowest BCUT2D eigenvalue weighted by molar-refractivity contribution is 0.0823. The largest absolute Gasteiger partial charge is 0.399 e. The molecule has 0 radical (unpaired) electrons. The first-order chi connectivity index (χ1) is 19.5. The maximum Gasteiger partial charge on any atom is 0.253 e. The molecule has 0 heterocycles. The molecule has 214 valence electrons. The molecular weight excluding hydrogens is 554 g/mol. The van der Waals surface area contributed by atoms with Gasteiger partial charge < -0.3 is 21.5 Å². The van der Waals surface area contributed by atoms with Crippen molar-refractivity contribution in [2.75, 3.05) is 11.5 Å². The van der Waals surface area contributed by atoms with Crippen LogP contribution in [-0.2, 0) is 6.42 Å². The summed E-state index contributed by atoms with van der Waals surface area (Å²) >= 11 is 7.97. The van der Waals surface area contributed by atoms with Crippen LogP contribution >= 0.6 is 23.4 Å². The van der Waals surface area contributed by atoms with E-state index in [0.29, 0.717) is 29.0 Å². The second-order valence-corrected chi connectivity index (χ2v) is 12.7. The van der Waals surface area contributed by atoms with E-state index in [1.807, 2.05) is 45.0 Å². The van der Waals surface area contributed by atoms with E-state index >= 15 is 0 Å². The van der Waals surface area contributed by atoms with Crippen LogP contribution in [0.15, 0.2) is 89.8 Å². The van der Waals surface area contributed by atoms with Crippen molar-refractivity contribution in [1.29, 1.82) is 0 Å². The zero-order valence-electron chi connectivity index (χ0n) is 23.5. The summed E-state index contributed by atoms with van der Waals surface area (Å²) in [4.78, 5) is 27.3. The van der Waals surface area contributed by atoms with E-state index in [2.05, 4.69) is 41.0 Å². The number of amides is 2. The molecule has 0 aliphatic carbocycles. The average Bonchev–Trinajstić information content (AvgIpc) is 2.91. The Bertz CT molecular complexity index is 1540. The third kappa shape index (κ3) is 8.49. The highest BCUT2D eigenvalue weighted by Gasteiger charge is 2.26. The first kappa shape index (κ1) is 30.4. The van der Waals surface area contributed by atoms with Gasteiger partial charge in [-0.25, -0.2) is 0 Å². The number of carbonyl (C=O) groups excluding carboxylic acids is 2. The maximum absolute atomic E-state index is 13.2. The summed E-state index contributed by atoms with van der Waals surface area (Å²) in [5.41, 5.74) is 7.34. The number of hydrogen-bond acceptors (Lipinski definition) is 5. The fourth-order valence-electron chi connectivity index (χ4n) is 4.58. The first-order valence-corrected chi connectivity index (χ1v) is 14.9. The molecule has 41 heavy (non-hydrogen) atoms. The van der Waals surface area contributed by atoms with Crippen molar-refractivity contribution in [1.82, 2.24) is 10.6 Å². The lowest BCUT2D eigenvalue weighted by atomic mass is 9.95. The van der Waals surface area contributed by atoms with Crippen molar-refractivity contribution in [2.45, 2.75) is 56.2 Å². The van der Waals surface area contributed by atoms with E-state index in [1.165, 1.54) is 11.5 Å². The van der Waals surface area contributed by atoms with Crippen LogP contribution in [0, 0.1) is 0 Å². The molecular formula is C33H36ClN3O3S. The Labute approximate surface area is 250 Å². The van der Waals surface area contributed by atoms with Crippen molar-refractivity contribution in [3.63, 3.8) is 0 Å². The molecule has 0 saturated carbocycles. The minimum atomic E-state index is -0.952. The highest BCUT2D eigenvalue weighted by molar-refractivity contribution is 7.99. The van der Waals surface area contributed by atoms with Crippen LogP contribution < -0.4 is 16.4 Å². The number of fused-ring (bicyclic) bond motifs is 1. The molecule has 2 atom stereocenters. The van der Waals surface area contributed by atoms with E-state index in [1.54, 1.807) is 36.0 Å². The summed E-state index contributed by atoms with van der Waals surface area (Å²) in [5.74, 6) is 0.0528. The van der Waals surface area contributed by atoms with Crippen molar-refractivity contribution in [3.05, 3.63) is 107 Å². The standard InChI is InChI=1S/C33H36ClN3O3S/c1-33(2,3)37-32(40)26-11-7-6-10-23(26)19-30(38)29(36-31(39)27-15-13-24(35)20-28(27)34)16-17-41-25-14-12-21-8-4-5-9-22(21)18-25/h4-15,18,20,29-30,38H,16-17,19,35H2,1-3H3,(H,36,39)(H,37,40)/t29-,30+/m0/s1. The minimum absolute atomic E-state index is 0.189. The van der Waals surface area contributed by atoms with Crippen LogP contribution in [0.5, 0.6) is 0 Å². The second-order valence-electron chi connectivity index (χ2n) is 11.1. The molecule has 8 heteroatoms. The fraction of sp³-hybridized carbons (Fsp3) is 0.273. The molecule has 6 nitrogen and oxygen atoms in total. The average molecular weight is 590 g/mol. The summed E-state index contributed by atoms with van der Waals surface area (Å²) in [5, 5.41) is 20.0. The van der Waals surface area contributed by atoms with Gasteiger partial charge in [-0.1, -0.05) is 60.1 Å². The topological polar surface area (TPSA) is 104 Å². The van der Waals surface area contributed by atoms with Gasteiger partial charge in [0.25, 0.3) is 11.8 Å².